The fourth-order valence-corrected chi connectivity index (χ4v) is 0.853. The third kappa shape index (κ3) is 2.86. The second-order valence-electron chi connectivity index (χ2n) is 3.15. The van der Waals surface area contributed by atoms with Crippen molar-refractivity contribution in [2.24, 2.45) is 5.92 Å². The highest BCUT2D eigenvalue weighted by Gasteiger charge is 2.06. The van der Waals surface area contributed by atoms with Crippen molar-refractivity contribution in [1.29, 1.82) is 0 Å². The Morgan fingerprint density at radius 1 is 1.46 bits per heavy atom. The minimum Gasteiger partial charge on any atom is -0.326 e. The molecule has 0 saturated carbocycles. The molecule has 13 heavy (non-hydrogen) atoms. The van der Waals surface area contributed by atoms with Crippen molar-refractivity contribution < 1.29 is 9.18 Å². The maximum atomic E-state index is 12.7. The molecule has 2 nitrogen and oxygen atoms in total. The summed E-state index contributed by atoms with van der Waals surface area (Å²) < 4.78 is 12.7. The predicted octanol–water partition coefficient (Wildman–Crippen LogP) is 2.42. The molecule has 0 spiro atoms. The van der Waals surface area contributed by atoms with Gasteiger partial charge in [0, 0.05) is 11.6 Å². The highest BCUT2D eigenvalue weighted by Crippen LogP contribution is 2.10. The van der Waals surface area contributed by atoms with Gasteiger partial charge in [-0.3, -0.25) is 4.79 Å². The Kier molecular flexibility index (Phi) is 3.01. The number of anilines is 1. The molecule has 0 radical (unpaired) electrons. The highest BCUT2D eigenvalue weighted by atomic mass is 19.1. The van der Waals surface area contributed by atoms with Gasteiger partial charge in [0.1, 0.15) is 5.82 Å². The molecular formula is C10H12FNO. The first-order valence-electron chi connectivity index (χ1n) is 4.16. The minimum absolute atomic E-state index is 0.0942. The second-order valence-corrected chi connectivity index (χ2v) is 3.15. The van der Waals surface area contributed by atoms with Gasteiger partial charge in [0.05, 0.1) is 0 Å². The summed E-state index contributed by atoms with van der Waals surface area (Å²) in [4.78, 5) is 11.2. The molecule has 0 aliphatic rings. The van der Waals surface area contributed by atoms with Crippen LogP contribution in [0, 0.1) is 11.7 Å². The predicted molar refractivity (Wildman–Crippen MR) is 49.9 cm³/mol. The van der Waals surface area contributed by atoms with E-state index in [1.54, 1.807) is 26.0 Å². The number of benzene rings is 1. The summed E-state index contributed by atoms with van der Waals surface area (Å²) in [6.45, 7) is 3.57. The Labute approximate surface area is 76.8 Å². The number of amides is 1. The van der Waals surface area contributed by atoms with Crippen LogP contribution in [-0.4, -0.2) is 5.91 Å². The number of carbonyl (C=O) groups is 1. The molecule has 1 aromatic rings. The summed E-state index contributed by atoms with van der Waals surface area (Å²) in [5, 5.41) is 2.60. The molecule has 0 aromatic heterocycles. The quantitative estimate of drug-likeness (QED) is 0.745. The summed E-state index contributed by atoms with van der Waals surface area (Å²) in [5.41, 5.74) is 0.499. The first-order chi connectivity index (χ1) is 6.09. The number of carbonyl (C=O) groups excluding carboxylic acids is 1. The van der Waals surface area contributed by atoms with Gasteiger partial charge in [-0.2, -0.15) is 0 Å². The van der Waals surface area contributed by atoms with Crippen LogP contribution in [0.4, 0.5) is 10.1 Å². The molecular weight excluding hydrogens is 169 g/mol. The van der Waals surface area contributed by atoms with Gasteiger partial charge in [-0.05, 0) is 18.2 Å². The van der Waals surface area contributed by atoms with Gasteiger partial charge in [-0.1, -0.05) is 19.9 Å². The Hall–Kier alpha value is -1.38. The lowest BCUT2D eigenvalue weighted by atomic mass is 10.2. The maximum Gasteiger partial charge on any atom is 0.226 e. The van der Waals surface area contributed by atoms with Crippen molar-refractivity contribution in [3.05, 3.63) is 30.1 Å². The third-order valence-electron chi connectivity index (χ3n) is 1.62. The highest BCUT2D eigenvalue weighted by molar-refractivity contribution is 5.91. The van der Waals surface area contributed by atoms with Crippen molar-refractivity contribution in [2.75, 3.05) is 5.32 Å². The monoisotopic (exact) mass is 181 g/mol. The SMILES string of the molecule is CC(C)C(=O)Nc1cccc(F)c1. The molecule has 1 aromatic carbocycles. The van der Waals surface area contributed by atoms with Gasteiger partial charge in [0.2, 0.25) is 5.91 Å². The van der Waals surface area contributed by atoms with Crippen molar-refractivity contribution in [3.8, 4) is 0 Å². The number of rotatable bonds is 2. The van der Waals surface area contributed by atoms with Crippen molar-refractivity contribution in [3.63, 3.8) is 0 Å². The van der Waals surface area contributed by atoms with Crippen LogP contribution in [-0.2, 0) is 4.79 Å². The first kappa shape index (κ1) is 9.71. The molecule has 0 aliphatic carbocycles. The lowest BCUT2D eigenvalue weighted by molar-refractivity contribution is -0.118. The van der Waals surface area contributed by atoms with Crippen LogP contribution in [0.1, 0.15) is 13.8 Å². The average Bonchev–Trinajstić information content (AvgIpc) is 2.04. The van der Waals surface area contributed by atoms with Gasteiger partial charge in [-0.25, -0.2) is 4.39 Å². The molecule has 0 atom stereocenters. The number of halogens is 1. The molecule has 0 saturated heterocycles. The molecule has 70 valence electrons. The molecule has 0 bridgehead atoms. The molecule has 0 fully saturated rings. The van der Waals surface area contributed by atoms with E-state index in [4.69, 9.17) is 0 Å². The topological polar surface area (TPSA) is 29.1 Å². The Morgan fingerprint density at radius 3 is 2.69 bits per heavy atom. The van der Waals surface area contributed by atoms with Crippen molar-refractivity contribution in [2.45, 2.75) is 13.8 Å². The summed E-state index contributed by atoms with van der Waals surface area (Å²) in [6, 6.07) is 5.85. The Balaban J connectivity index is 2.69. The van der Waals surface area contributed by atoms with Gasteiger partial charge < -0.3 is 5.32 Å². The van der Waals surface area contributed by atoms with Gasteiger partial charge >= 0.3 is 0 Å². The van der Waals surface area contributed by atoms with E-state index in [2.05, 4.69) is 5.32 Å². The smallest absolute Gasteiger partial charge is 0.226 e. The Morgan fingerprint density at radius 2 is 2.15 bits per heavy atom. The van der Waals surface area contributed by atoms with Gasteiger partial charge in [-0.15, -0.1) is 0 Å². The summed E-state index contributed by atoms with van der Waals surface area (Å²) in [5.74, 6) is -0.546. The van der Waals surface area contributed by atoms with Crippen LogP contribution < -0.4 is 5.32 Å². The van der Waals surface area contributed by atoms with Crippen LogP contribution in [0.2, 0.25) is 0 Å². The summed E-state index contributed by atoms with van der Waals surface area (Å²) in [6.07, 6.45) is 0. The standard InChI is InChI=1S/C10H12FNO/c1-7(2)10(13)12-9-5-3-4-8(11)6-9/h3-7H,1-2H3,(H,12,13). The second kappa shape index (κ2) is 4.03. The number of hydrogen-bond donors (Lipinski definition) is 1. The van der Waals surface area contributed by atoms with Crippen LogP contribution in [0.25, 0.3) is 0 Å². The van der Waals surface area contributed by atoms with E-state index in [0.717, 1.165) is 0 Å². The zero-order valence-corrected chi connectivity index (χ0v) is 7.67. The fraction of sp³-hybridized carbons (Fsp3) is 0.300. The zero-order valence-electron chi connectivity index (χ0n) is 7.67. The van der Waals surface area contributed by atoms with E-state index in [-0.39, 0.29) is 17.6 Å². The van der Waals surface area contributed by atoms with E-state index < -0.39 is 0 Å². The van der Waals surface area contributed by atoms with Gasteiger partial charge in [0.15, 0.2) is 0 Å². The normalized spacial score (nSPS) is 10.2. The fourth-order valence-electron chi connectivity index (χ4n) is 0.853. The number of hydrogen-bond acceptors (Lipinski definition) is 1. The summed E-state index contributed by atoms with van der Waals surface area (Å²) >= 11 is 0. The zero-order chi connectivity index (χ0) is 9.84. The lowest BCUT2D eigenvalue weighted by Gasteiger charge is -2.06. The molecule has 1 amide bonds. The Bertz CT molecular complexity index is 310. The molecule has 3 heteroatoms. The average molecular weight is 181 g/mol. The lowest BCUT2D eigenvalue weighted by Crippen LogP contribution is -2.17. The van der Waals surface area contributed by atoms with Crippen LogP contribution in [0.15, 0.2) is 24.3 Å². The van der Waals surface area contributed by atoms with E-state index in [9.17, 15) is 9.18 Å². The largest absolute Gasteiger partial charge is 0.326 e. The van der Waals surface area contributed by atoms with E-state index in [1.807, 2.05) is 0 Å². The molecule has 0 heterocycles. The van der Waals surface area contributed by atoms with Crippen LogP contribution >= 0.6 is 0 Å². The third-order valence-corrected chi connectivity index (χ3v) is 1.62. The van der Waals surface area contributed by atoms with Crippen LogP contribution in [0.5, 0.6) is 0 Å². The van der Waals surface area contributed by atoms with Crippen molar-refractivity contribution >= 4 is 11.6 Å². The number of nitrogens with one attached hydrogen (secondary N) is 1. The van der Waals surface area contributed by atoms with Gasteiger partial charge in [0.25, 0.3) is 0 Å². The van der Waals surface area contributed by atoms with Crippen molar-refractivity contribution in [1.82, 2.24) is 0 Å². The van der Waals surface area contributed by atoms with Crippen LogP contribution in [0.3, 0.4) is 0 Å². The molecule has 0 aliphatic heterocycles. The van der Waals surface area contributed by atoms with E-state index >= 15 is 0 Å². The summed E-state index contributed by atoms with van der Waals surface area (Å²) in [7, 11) is 0. The van der Waals surface area contributed by atoms with E-state index in [0.29, 0.717) is 5.69 Å². The molecule has 1 N–H and O–H groups in total. The molecule has 0 unspecified atom stereocenters. The molecule has 1 rings (SSSR count). The van der Waals surface area contributed by atoms with E-state index in [1.165, 1.54) is 12.1 Å². The first-order valence-corrected chi connectivity index (χ1v) is 4.16. The maximum absolute atomic E-state index is 12.7. The minimum atomic E-state index is -0.346.